The van der Waals surface area contributed by atoms with E-state index in [0.717, 1.165) is 5.56 Å². The van der Waals surface area contributed by atoms with Gasteiger partial charge >= 0.3 is 5.97 Å². The van der Waals surface area contributed by atoms with Crippen molar-refractivity contribution in [3.63, 3.8) is 0 Å². The minimum atomic E-state index is -0.807. The Bertz CT molecular complexity index is 1670. The van der Waals surface area contributed by atoms with Crippen LogP contribution in [0.3, 0.4) is 0 Å². The number of aromatic nitrogens is 3. The molecule has 184 valence electrons. The fourth-order valence-corrected chi connectivity index (χ4v) is 4.53. The predicted molar refractivity (Wildman–Crippen MR) is 143 cm³/mol. The number of carbonyl (C=O) groups excluding carboxylic acids is 1. The van der Waals surface area contributed by atoms with Crippen LogP contribution in [0.5, 0.6) is 5.75 Å². The summed E-state index contributed by atoms with van der Waals surface area (Å²) in [6.07, 6.45) is 3.58. The maximum Gasteiger partial charge on any atom is 0.360 e. The Morgan fingerprint density at radius 1 is 1.00 bits per heavy atom. The van der Waals surface area contributed by atoms with E-state index in [9.17, 15) is 14.7 Å². The van der Waals surface area contributed by atoms with Gasteiger partial charge in [0.25, 0.3) is 5.56 Å². The average molecular weight is 512 g/mol. The number of fused-ring (bicyclic) bond motifs is 1. The Morgan fingerprint density at radius 2 is 1.70 bits per heavy atom. The van der Waals surface area contributed by atoms with Gasteiger partial charge in [-0.05, 0) is 29.7 Å². The van der Waals surface area contributed by atoms with E-state index in [1.54, 1.807) is 22.9 Å². The molecule has 0 saturated heterocycles. The largest absolute Gasteiger partial charge is 0.505 e. The zero-order valence-corrected chi connectivity index (χ0v) is 20.6. The van der Waals surface area contributed by atoms with Gasteiger partial charge in [-0.3, -0.25) is 9.78 Å². The number of ether oxygens (including phenoxy) is 1. The van der Waals surface area contributed by atoms with Crippen molar-refractivity contribution < 1.29 is 14.6 Å². The summed E-state index contributed by atoms with van der Waals surface area (Å²) in [5.74, 6) is -1.18. The number of methoxy groups -OCH3 is 1. The zero-order valence-electron chi connectivity index (χ0n) is 19.9. The van der Waals surface area contributed by atoms with Crippen LogP contribution in [0.15, 0.2) is 90.0 Å². The predicted octanol–water partition coefficient (Wildman–Crippen LogP) is 5.51. The van der Waals surface area contributed by atoms with Gasteiger partial charge in [0.2, 0.25) is 0 Å². The second-order valence-electron chi connectivity index (χ2n) is 8.42. The summed E-state index contributed by atoms with van der Waals surface area (Å²) in [5.41, 5.74) is 2.74. The van der Waals surface area contributed by atoms with E-state index in [4.69, 9.17) is 16.3 Å². The van der Waals surface area contributed by atoms with Crippen molar-refractivity contribution in [1.82, 2.24) is 14.5 Å². The van der Waals surface area contributed by atoms with Crippen LogP contribution in [0, 0.1) is 0 Å². The molecule has 0 amide bonds. The maximum absolute atomic E-state index is 14.0. The van der Waals surface area contributed by atoms with E-state index in [-0.39, 0.29) is 28.1 Å². The van der Waals surface area contributed by atoms with Crippen molar-refractivity contribution in [3.8, 4) is 28.1 Å². The molecular weight excluding hydrogens is 490 g/mol. The number of pyridine rings is 3. The van der Waals surface area contributed by atoms with Crippen molar-refractivity contribution >= 4 is 28.5 Å². The first-order valence-electron chi connectivity index (χ1n) is 11.6. The Morgan fingerprint density at radius 3 is 2.38 bits per heavy atom. The molecule has 7 nitrogen and oxygen atoms in total. The minimum absolute atomic E-state index is 0.252. The van der Waals surface area contributed by atoms with Crippen LogP contribution in [-0.4, -0.2) is 32.7 Å². The van der Waals surface area contributed by atoms with Gasteiger partial charge in [0.05, 0.1) is 23.3 Å². The van der Waals surface area contributed by atoms with Crippen LogP contribution in [-0.2, 0) is 17.7 Å². The molecule has 0 aliphatic carbocycles. The molecule has 0 bridgehead atoms. The fourth-order valence-electron chi connectivity index (χ4n) is 4.35. The van der Waals surface area contributed by atoms with Gasteiger partial charge in [-0.1, -0.05) is 72.3 Å². The van der Waals surface area contributed by atoms with Gasteiger partial charge in [0.1, 0.15) is 0 Å². The fraction of sp³-hybridized carbons (Fsp3) is 0.103. The van der Waals surface area contributed by atoms with Crippen LogP contribution < -0.4 is 5.56 Å². The molecular formula is C29H22ClN3O4. The summed E-state index contributed by atoms with van der Waals surface area (Å²) in [6.45, 7) is 0.305. The van der Waals surface area contributed by atoms with Gasteiger partial charge < -0.3 is 14.4 Å². The summed E-state index contributed by atoms with van der Waals surface area (Å²) in [6, 6.07) is 22.2. The quantitative estimate of drug-likeness (QED) is 0.302. The summed E-state index contributed by atoms with van der Waals surface area (Å²) in [5, 5.41) is 11.9. The standard InChI is InChI=1S/C29H22ClN3O4/c1-37-29(36)25-27(34)23-15-22(19-10-6-3-7-11-19)28(35)33(13-12-18-8-4-2-5-9-18)26(23)24(32-25)20-14-21(30)17-31-16-20/h2-11,14-17,34H,12-13H2,1H3. The van der Waals surface area contributed by atoms with Crippen LogP contribution in [0.2, 0.25) is 5.02 Å². The number of aryl methyl sites for hydroxylation is 2. The number of halogens is 1. The molecule has 37 heavy (non-hydrogen) atoms. The number of nitrogens with zero attached hydrogens (tertiary/aromatic N) is 3. The summed E-state index contributed by atoms with van der Waals surface area (Å²) < 4.78 is 6.48. The van der Waals surface area contributed by atoms with Gasteiger partial charge in [-0.25, -0.2) is 9.78 Å². The molecule has 0 fully saturated rings. The van der Waals surface area contributed by atoms with Crippen LogP contribution in [0.4, 0.5) is 0 Å². The number of hydrogen-bond acceptors (Lipinski definition) is 6. The summed E-state index contributed by atoms with van der Waals surface area (Å²) >= 11 is 6.22. The molecule has 0 spiro atoms. The number of hydrogen-bond donors (Lipinski definition) is 1. The Hall–Kier alpha value is -4.49. The van der Waals surface area contributed by atoms with E-state index in [0.29, 0.717) is 40.2 Å². The molecule has 0 atom stereocenters. The molecule has 5 aromatic rings. The maximum atomic E-state index is 14.0. The smallest absolute Gasteiger partial charge is 0.360 e. The first-order valence-corrected chi connectivity index (χ1v) is 11.9. The number of aromatic hydroxyl groups is 1. The third kappa shape index (κ3) is 4.69. The lowest BCUT2D eigenvalue weighted by Gasteiger charge is -2.18. The zero-order chi connectivity index (χ0) is 25.9. The summed E-state index contributed by atoms with van der Waals surface area (Å²) in [4.78, 5) is 35.2. The number of benzene rings is 2. The lowest BCUT2D eigenvalue weighted by Crippen LogP contribution is -2.24. The van der Waals surface area contributed by atoms with Crippen molar-refractivity contribution in [3.05, 3.63) is 112 Å². The van der Waals surface area contributed by atoms with Crippen molar-refractivity contribution in [1.29, 1.82) is 0 Å². The molecule has 0 aliphatic rings. The Kier molecular flexibility index (Phi) is 6.70. The lowest BCUT2D eigenvalue weighted by atomic mass is 10.0. The molecule has 0 radical (unpaired) electrons. The highest BCUT2D eigenvalue weighted by Crippen LogP contribution is 2.36. The SMILES string of the molecule is COC(=O)c1nc(-c2cncc(Cl)c2)c2c(cc(-c3ccccc3)c(=O)n2CCc2ccccc2)c1O. The number of esters is 1. The molecule has 5 rings (SSSR count). The summed E-state index contributed by atoms with van der Waals surface area (Å²) in [7, 11) is 1.21. The van der Waals surface area contributed by atoms with Gasteiger partial charge in [-0.2, -0.15) is 0 Å². The van der Waals surface area contributed by atoms with Crippen LogP contribution in [0.25, 0.3) is 33.3 Å². The van der Waals surface area contributed by atoms with Crippen molar-refractivity contribution in [2.24, 2.45) is 0 Å². The van der Waals surface area contributed by atoms with E-state index in [1.165, 1.54) is 13.3 Å². The van der Waals surface area contributed by atoms with Gasteiger partial charge in [0, 0.05) is 35.5 Å². The Labute approximate surface area is 217 Å². The van der Waals surface area contributed by atoms with E-state index in [2.05, 4.69) is 9.97 Å². The van der Waals surface area contributed by atoms with Gasteiger partial charge in [-0.15, -0.1) is 0 Å². The third-order valence-electron chi connectivity index (χ3n) is 6.13. The molecule has 0 aliphatic heterocycles. The molecule has 3 heterocycles. The third-order valence-corrected chi connectivity index (χ3v) is 6.33. The topological polar surface area (TPSA) is 94.3 Å². The van der Waals surface area contributed by atoms with Crippen LogP contribution in [0.1, 0.15) is 16.1 Å². The Balaban J connectivity index is 1.87. The first kappa shape index (κ1) is 24.2. The highest BCUT2D eigenvalue weighted by Gasteiger charge is 2.25. The molecule has 3 aromatic heterocycles. The molecule has 8 heteroatoms. The second kappa shape index (κ2) is 10.2. The lowest BCUT2D eigenvalue weighted by molar-refractivity contribution is 0.0591. The first-order chi connectivity index (χ1) is 18.0. The monoisotopic (exact) mass is 511 g/mol. The average Bonchev–Trinajstić information content (AvgIpc) is 2.93. The number of rotatable bonds is 6. The van der Waals surface area contributed by atoms with Gasteiger partial charge in [0.15, 0.2) is 11.4 Å². The molecule has 2 aromatic carbocycles. The van der Waals surface area contributed by atoms with Crippen molar-refractivity contribution in [2.75, 3.05) is 7.11 Å². The molecule has 1 N–H and O–H groups in total. The van der Waals surface area contributed by atoms with E-state index in [1.807, 2.05) is 60.7 Å². The highest BCUT2D eigenvalue weighted by atomic mass is 35.5. The minimum Gasteiger partial charge on any atom is -0.505 e. The molecule has 0 saturated carbocycles. The van der Waals surface area contributed by atoms with E-state index < -0.39 is 5.97 Å². The van der Waals surface area contributed by atoms with Crippen LogP contribution >= 0.6 is 11.6 Å². The second-order valence-corrected chi connectivity index (χ2v) is 8.86. The highest BCUT2D eigenvalue weighted by molar-refractivity contribution is 6.30. The van der Waals surface area contributed by atoms with Crippen molar-refractivity contribution in [2.45, 2.75) is 13.0 Å². The normalized spacial score (nSPS) is 11.0. The molecule has 0 unspecified atom stereocenters. The number of carbonyl (C=O) groups is 1. The van der Waals surface area contributed by atoms with E-state index >= 15 is 0 Å².